The number of sulfonamides is 1. The van der Waals surface area contributed by atoms with Crippen LogP contribution in [0.15, 0.2) is 47.4 Å². The van der Waals surface area contributed by atoms with Crippen molar-refractivity contribution in [1.82, 2.24) is 9.62 Å². The van der Waals surface area contributed by atoms with Gasteiger partial charge in [-0.25, -0.2) is 13.1 Å². The van der Waals surface area contributed by atoms with Crippen molar-refractivity contribution in [2.75, 3.05) is 27.3 Å². The zero-order chi connectivity index (χ0) is 19.3. The number of hydrogen-bond donors (Lipinski definition) is 1. The Morgan fingerprint density at radius 3 is 2.44 bits per heavy atom. The van der Waals surface area contributed by atoms with E-state index in [2.05, 4.69) is 21.8 Å². The van der Waals surface area contributed by atoms with Crippen LogP contribution in [0.5, 0.6) is 11.5 Å². The predicted molar refractivity (Wildman–Crippen MR) is 105 cm³/mol. The van der Waals surface area contributed by atoms with Gasteiger partial charge in [-0.1, -0.05) is 24.3 Å². The second-order valence-electron chi connectivity index (χ2n) is 6.64. The van der Waals surface area contributed by atoms with E-state index in [1.165, 1.54) is 38.7 Å². The van der Waals surface area contributed by atoms with E-state index in [0.29, 0.717) is 5.75 Å². The molecule has 1 fully saturated rings. The minimum atomic E-state index is -3.73. The van der Waals surface area contributed by atoms with Crippen LogP contribution in [-0.4, -0.2) is 40.6 Å². The first kappa shape index (κ1) is 19.7. The van der Waals surface area contributed by atoms with Gasteiger partial charge in [0.2, 0.25) is 10.0 Å². The summed E-state index contributed by atoms with van der Waals surface area (Å²) in [5.41, 5.74) is 2.13. The largest absolute Gasteiger partial charge is 0.497 e. The van der Waals surface area contributed by atoms with Gasteiger partial charge in [0, 0.05) is 19.2 Å². The number of hydrogen-bond acceptors (Lipinski definition) is 5. The molecule has 0 amide bonds. The van der Waals surface area contributed by atoms with Crippen LogP contribution >= 0.6 is 0 Å². The van der Waals surface area contributed by atoms with Crippen molar-refractivity contribution in [2.24, 2.45) is 0 Å². The van der Waals surface area contributed by atoms with E-state index in [4.69, 9.17) is 9.47 Å². The van der Waals surface area contributed by atoms with Crippen molar-refractivity contribution >= 4 is 10.0 Å². The lowest BCUT2D eigenvalue weighted by atomic mass is 10.1. The van der Waals surface area contributed by atoms with Gasteiger partial charge in [-0.2, -0.15) is 0 Å². The number of methoxy groups -OCH3 is 2. The lowest BCUT2D eigenvalue weighted by Gasteiger charge is -2.15. The molecule has 7 heteroatoms. The summed E-state index contributed by atoms with van der Waals surface area (Å²) >= 11 is 0. The average Bonchev–Trinajstić information content (AvgIpc) is 3.19. The minimum absolute atomic E-state index is 0.0672. The van der Waals surface area contributed by atoms with Gasteiger partial charge in [0.15, 0.2) is 0 Å². The molecule has 0 aliphatic carbocycles. The second-order valence-corrected chi connectivity index (χ2v) is 8.38. The molecule has 1 aliphatic heterocycles. The predicted octanol–water partition coefficient (Wildman–Crippen LogP) is 2.78. The second kappa shape index (κ2) is 8.73. The highest BCUT2D eigenvalue weighted by Gasteiger charge is 2.20. The molecule has 0 unspecified atom stereocenters. The van der Waals surface area contributed by atoms with Crippen molar-refractivity contribution < 1.29 is 17.9 Å². The minimum Gasteiger partial charge on any atom is -0.497 e. The van der Waals surface area contributed by atoms with Crippen LogP contribution < -0.4 is 14.2 Å². The SMILES string of the molecule is COc1ccc(OC)c(S(=O)(=O)NCc2cccc(CN3CCCC3)c2)c1. The van der Waals surface area contributed by atoms with E-state index in [1.54, 1.807) is 12.1 Å². The molecule has 1 aliphatic rings. The number of benzene rings is 2. The molecular weight excluding hydrogens is 364 g/mol. The molecule has 1 saturated heterocycles. The molecule has 3 rings (SSSR count). The first-order valence-corrected chi connectivity index (χ1v) is 10.5. The van der Waals surface area contributed by atoms with E-state index in [9.17, 15) is 8.42 Å². The molecule has 27 heavy (non-hydrogen) atoms. The monoisotopic (exact) mass is 390 g/mol. The van der Waals surface area contributed by atoms with Crippen molar-refractivity contribution in [3.63, 3.8) is 0 Å². The van der Waals surface area contributed by atoms with Gasteiger partial charge in [-0.15, -0.1) is 0 Å². The third-order valence-corrected chi connectivity index (χ3v) is 6.15. The summed E-state index contributed by atoms with van der Waals surface area (Å²) in [5, 5.41) is 0. The van der Waals surface area contributed by atoms with Gasteiger partial charge in [-0.3, -0.25) is 4.90 Å². The molecule has 0 spiro atoms. The summed E-state index contributed by atoms with van der Waals surface area (Å²) in [6, 6.07) is 12.8. The molecular formula is C20H26N2O4S. The van der Waals surface area contributed by atoms with Crippen LogP contribution in [0.3, 0.4) is 0 Å². The van der Waals surface area contributed by atoms with E-state index >= 15 is 0 Å². The fraction of sp³-hybridized carbons (Fsp3) is 0.400. The van der Waals surface area contributed by atoms with Gasteiger partial charge >= 0.3 is 0 Å². The summed E-state index contributed by atoms with van der Waals surface area (Å²) in [5.74, 6) is 0.745. The normalized spacial score (nSPS) is 15.0. The van der Waals surface area contributed by atoms with E-state index in [-0.39, 0.29) is 17.2 Å². The molecule has 2 aromatic carbocycles. The Hall–Kier alpha value is -2.09. The van der Waals surface area contributed by atoms with Crippen molar-refractivity contribution in [1.29, 1.82) is 0 Å². The zero-order valence-corrected chi connectivity index (χ0v) is 16.6. The Morgan fingerprint density at radius 2 is 1.74 bits per heavy atom. The fourth-order valence-electron chi connectivity index (χ4n) is 3.29. The maximum absolute atomic E-state index is 12.8. The third kappa shape index (κ3) is 5.00. The summed E-state index contributed by atoms with van der Waals surface area (Å²) in [7, 11) is -0.790. The molecule has 0 radical (unpaired) electrons. The number of rotatable bonds is 8. The summed E-state index contributed by atoms with van der Waals surface area (Å²) < 4.78 is 38.5. The van der Waals surface area contributed by atoms with Crippen LogP contribution in [0.25, 0.3) is 0 Å². The highest BCUT2D eigenvalue weighted by Crippen LogP contribution is 2.28. The van der Waals surface area contributed by atoms with Crippen molar-refractivity contribution in [2.45, 2.75) is 30.8 Å². The van der Waals surface area contributed by atoms with E-state index in [0.717, 1.165) is 25.2 Å². The standard InChI is InChI=1S/C20H26N2O4S/c1-25-18-8-9-19(26-2)20(13-18)27(23,24)21-14-16-6-5-7-17(12-16)15-22-10-3-4-11-22/h5-9,12-13,21H,3-4,10-11,14-15H2,1-2H3. The molecule has 0 bridgehead atoms. The molecule has 0 aromatic heterocycles. The van der Waals surface area contributed by atoms with Gasteiger partial charge in [-0.05, 0) is 49.2 Å². The van der Waals surface area contributed by atoms with E-state index < -0.39 is 10.0 Å². The first-order valence-electron chi connectivity index (χ1n) is 9.04. The van der Waals surface area contributed by atoms with Crippen LogP contribution in [0.2, 0.25) is 0 Å². The van der Waals surface area contributed by atoms with Gasteiger partial charge < -0.3 is 9.47 Å². The zero-order valence-electron chi connectivity index (χ0n) is 15.8. The molecule has 1 heterocycles. The molecule has 0 saturated carbocycles. The Morgan fingerprint density at radius 1 is 1.00 bits per heavy atom. The molecule has 2 aromatic rings. The Bertz CT molecular complexity index is 877. The highest BCUT2D eigenvalue weighted by molar-refractivity contribution is 7.89. The quantitative estimate of drug-likeness (QED) is 0.751. The van der Waals surface area contributed by atoms with Crippen molar-refractivity contribution in [3.05, 3.63) is 53.6 Å². The number of likely N-dealkylation sites (tertiary alicyclic amines) is 1. The van der Waals surface area contributed by atoms with Gasteiger partial charge in [0.05, 0.1) is 14.2 Å². The Balaban J connectivity index is 1.72. The maximum atomic E-state index is 12.8. The summed E-state index contributed by atoms with van der Waals surface area (Å²) in [6.07, 6.45) is 2.50. The van der Waals surface area contributed by atoms with E-state index in [1.807, 2.05) is 12.1 Å². The molecule has 0 atom stereocenters. The number of ether oxygens (including phenoxy) is 2. The fourth-order valence-corrected chi connectivity index (χ4v) is 4.49. The lowest BCUT2D eigenvalue weighted by Crippen LogP contribution is -2.24. The molecule has 1 N–H and O–H groups in total. The first-order chi connectivity index (χ1) is 13.0. The number of nitrogens with one attached hydrogen (secondary N) is 1. The van der Waals surface area contributed by atoms with Crippen LogP contribution in [-0.2, 0) is 23.1 Å². The summed E-state index contributed by atoms with van der Waals surface area (Å²) in [6.45, 7) is 3.39. The topological polar surface area (TPSA) is 67.9 Å². The van der Waals surface area contributed by atoms with Crippen LogP contribution in [0.4, 0.5) is 0 Å². The Labute approximate surface area is 161 Å². The van der Waals surface area contributed by atoms with Gasteiger partial charge in [0.1, 0.15) is 16.4 Å². The third-order valence-electron chi connectivity index (χ3n) is 4.72. The van der Waals surface area contributed by atoms with Crippen LogP contribution in [0.1, 0.15) is 24.0 Å². The Kier molecular flexibility index (Phi) is 6.36. The molecule has 6 nitrogen and oxygen atoms in total. The highest BCUT2D eigenvalue weighted by atomic mass is 32.2. The van der Waals surface area contributed by atoms with Gasteiger partial charge in [0.25, 0.3) is 0 Å². The van der Waals surface area contributed by atoms with Crippen molar-refractivity contribution in [3.8, 4) is 11.5 Å². The lowest BCUT2D eigenvalue weighted by molar-refractivity contribution is 0.331. The van der Waals surface area contributed by atoms with Crippen LogP contribution in [0, 0.1) is 0 Å². The number of nitrogens with zero attached hydrogens (tertiary/aromatic N) is 1. The maximum Gasteiger partial charge on any atom is 0.244 e. The average molecular weight is 391 g/mol. The smallest absolute Gasteiger partial charge is 0.244 e. The molecule has 146 valence electrons. The summed E-state index contributed by atoms with van der Waals surface area (Å²) in [4.78, 5) is 2.49.